The third-order valence-electron chi connectivity index (χ3n) is 2.98. The predicted octanol–water partition coefficient (Wildman–Crippen LogP) is 2.66. The summed E-state index contributed by atoms with van der Waals surface area (Å²) in [6, 6.07) is 3.23. The van der Waals surface area contributed by atoms with Gasteiger partial charge < -0.3 is 9.52 Å². The van der Waals surface area contributed by atoms with Crippen LogP contribution in [0.5, 0.6) is 0 Å². The van der Waals surface area contributed by atoms with E-state index in [0.29, 0.717) is 31.1 Å². The van der Waals surface area contributed by atoms with E-state index in [4.69, 9.17) is 9.52 Å². The van der Waals surface area contributed by atoms with E-state index in [1.807, 2.05) is 11.8 Å². The highest BCUT2D eigenvalue weighted by Crippen LogP contribution is 2.31. The molecule has 2 rings (SSSR count). The van der Waals surface area contributed by atoms with Gasteiger partial charge in [-0.25, -0.2) is 4.98 Å². The first-order valence-corrected chi connectivity index (χ1v) is 6.24. The molecule has 110 valence electrons. The van der Waals surface area contributed by atoms with E-state index < -0.39 is 11.7 Å². The molecule has 1 heterocycles. The molecule has 0 aliphatic heterocycles. The van der Waals surface area contributed by atoms with Crippen molar-refractivity contribution in [3.63, 3.8) is 0 Å². The lowest BCUT2D eigenvalue weighted by molar-refractivity contribution is -0.137. The summed E-state index contributed by atoms with van der Waals surface area (Å²) in [7, 11) is 0. The Morgan fingerprint density at radius 2 is 2.10 bits per heavy atom. The zero-order chi connectivity index (χ0) is 14.8. The van der Waals surface area contributed by atoms with E-state index in [2.05, 4.69) is 4.98 Å². The number of aliphatic hydroxyl groups is 1. The lowest BCUT2D eigenvalue weighted by atomic mass is 10.2. The van der Waals surface area contributed by atoms with Crippen LogP contribution >= 0.6 is 0 Å². The van der Waals surface area contributed by atoms with E-state index in [0.717, 1.165) is 12.1 Å². The van der Waals surface area contributed by atoms with Crippen molar-refractivity contribution in [1.82, 2.24) is 9.88 Å². The van der Waals surface area contributed by atoms with Gasteiger partial charge in [-0.1, -0.05) is 6.92 Å². The van der Waals surface area contributed by atoms with Gasteiger partial charge in [0.15, 0.2) is 5.58 Å². The van der Waals surface area contributed by atoms with Crippen molar-refractivity contribution in [2.24, 2.45) is 0 Å². The molecular formula is C13H15F3N2O2. The third kappa shape index (κ3) is 3.29. The molecule has 4 nitrogen and oxygen atoms in total. The van der Waals surface area contributed by atoms with Crippen LogP contribution in [0.25, 0.3) is 11.1 Å². The minimum atomic E-state index is -4.39. The number of aromatic nitrogens is 1. The molecule has 1 N–H and O–H groups in total. The zero-order valence-corrected chi connectivity index (χ0v) is 10.9. The molecule has 0 fully saturated rings. The quantitative estimate of drug-likeness (QED) is 0.919. The van der Waals surface area contributed by atoms with Crippen LogP contribution in [0.1, 0.15) is 18.4 Å². The van der Waals surface area contributed by atoms with Gasteiger partial charge in [0.05, 0.1) is 18.7 Å². The highest BCUT2D eigenvalue weighted by atomic mass is 19.4. The number of fused-ring (bicyclic) bond motifs is 1. The average molecular weight is 288 g/mol. The Bertz CT molecular complexity index is 580. The fourth-order valence-electron chi connectivity index (χ4n) is 1.90. The molecule has 0 bridgehead atoms. The molecule has 0 aliphatic rings. The first kappa shape index (κ1) is 14.8. The fourth-order valence-corrected chi connectivity index (χ4v) is 1.90. The van der Waals surface area contributed by atoms with Gasteiger partial charge in [-0.2, -0.15) is 13.2 Å². The van der Waals surface area contributed by atoms with E-state index in [-0.39, 0.29) is 12.1 Å². The lowest BCUT2D eigenvalue weighted by Gasteiger charge is -2.16. The maximum Gasteiger partial charge on any atom is 0.416 e. The molecule has 0 spiro atoms. The van der Waals surface area contributed by atoms with Crippen LogP contribution in [0.2, 0.25) is 0 Å². The highest BCUT2D eigenvalue weighted by Gasteiger charge is 2.31. The van der Waals surface area contributed by atoms with Crippen molar-refractivity contribution < 1.29 is 22.7 Å². The van der Waals surface area contributed by atoms with Crippen molar-refractivity contribution in [2.45, 2.75) is 19.6 Å². The number of rotatable bonds is 5. The molecule has 0 unspecified atom stereocenters. The summed E-state index contributed by atoms with van der Waals surface area (Å²) in [4.78, 5) is 5.95. The smallest absolute Gasteiger partial charge is 0.416 e. The molecule has 1 aromatic carbocycles. The topological polar surface area (TPSA) is 49.5 Å². The van der Waals surface area contributed by atoms with Crippen molar-refractivity contribution in [1.29, 1.82) is 0 Å². The van der Waals surface area contributed by atoms with Crippen LogP contribution in [-0.2, 0) is 12.7 Å². The molecule has 7 heteroatoms. The average Bonchev–Trinajstić information content (AvgIpc) is 2.78. The molecular weight excluding hydrogens is 273 g/mol. The van der Waals surface area contributed by atoms with E-state index in [1.165, 1.54) is 6.07 Å². The van der Waals surface area contributed by atoms with Gasteiger partial charge in [-0.3, -0.25) is 4.90 Å². The second kappa shape index (κ2) is 5.80. The lowest BCUT2D eigenvalue weighted by Crippen LogP contribution is -2.26. The van der Waals surface area contributed by atoms with Crippen LogP contribution in [0.15, 0.2) is 22.6 Å². The Labute approximate surface area is 113 Å². The Hall–Kier alpha value is -1.60. The van der Waals surface area contributed by atoms with Crippen LogP contribution in [0.3, 0.4) is 0 Å². The summed E-state index contributed by atoms with van der Waals surface area (Å²) in [5.41, 5.74) is -0.226. The minimum absolute atomic E-state index is 0.00624. The second-order valence-corrected chi connectivity index (χ2v) is 4.38. The molecule has 0 atom stereocenters. The molecule has 2 aromatic rings. The van der Waals surface area contributed by atoms with Crippen LogP contribution in [0, 0.1) is 0 Å². The van der Waals surface area contributed by atoms with Gasteiger partial charge in [0, 0.05) is 6.54 Å². The summed E-state index contributed by atoms with van der Waals surface area (Å²) in [5.74, 6) is 0.342. The number of likely N-dealkylation sites (N-methyl/N-ethyl adjacent to an activating group) is 1. The Balaban J connectivity index is 2.25. The number of nitrogens with zero attached hydrogens (tertiary/aromatic N) is 2. The maximum atomic E-state index is 12.6. The minimum Gasteiger partial charge on any atom is -0.439 e. The fraction of sp³-hybridized carbons (Fsp3) is 0.462. The molecule has 0 radical (unpaired) electrons. The number of aliphatic hydroxyl groups excluding tert-OH is 1. The Morgan fingerprint density at radius 3 is 2.70 bits per heavy atom. The van der Waals surface area contributed by atoms with Crippen LogP contribution in [0.4, 0.5) is 13.2 Å². The predicted molar refractivity (Wildman–Crippen MR) is 67.0 cm³/mol. The van der Waals surface area contributed by atoms with Gasteiger partial charge in [0.1, 0.15) is 5.52 Å². The number of hydrogen-bond acceptors (Lipinski definition) is 4. The number of alkyl halides is 3. The number of benzene rings is 1. The van der Waals surface area contributed by atoms with Crippen molar-refractivity contribution in [2.75, 3.05) is 19.7 Å². The van der Waals surface area contributed by atoms with Gasteiger partial charge in [0.2, 0.25) is 5.89 Å². The monoisotopic (exact) mass is 288 g/mol. The van der Waals surface area contributed by atoms with Crippen molar-refractivity contribution >= 4 is 11.1 Å². The standard InChI is InChI=1S/C13H15F3N2O2/c1-2-18(5-6-19)8-12-17-10-7-9(13(14,15)16)3-4-11(10)20-12/h3-4,7,19H,2,5-6,8H2,1H3. The highest BCUT2D eigenvalue weighted by molar-refractivity contribution is 5.73. The summed E-state index contributed by atoms with van der Waals surface area (Å²) >= 11 is 0. The number of hydrogen-bond donors (Lipinski definition) is 1. The summed E-state index contributed by atoms with van der Waals surface area (Å²) < 4.78 is 43.2. The van der Waals surface area contributed by atoms with Gasteiger partial charge >= 0.3 is 6.18 Å². The second-order valence-electron chi connectivity index (χ2n) is 4.38. The van der Waals surface area contributed by atoms with Gasteiger partial charge in [-0.05, 0) is 24.7 Å². The van der Waals surface area contributed by atoms with Gasteiger partial charge in [0.25, 0.3) is 0 Å². The third-order valence-corrected chi connectivity index (χ3v) is 2.98. The summed E-state index contributed by atoms with van der Waals surface area (Å²) in [5, 5.41) is 8.89. The molecule has 0 aliphatic carbocycles. The molecule has 1 aromatic heterocycles. The van der Waals surface area contributed by atoms with E-state index >= 15 is 0 Å². The first-order chi connectivity index (χ1) is 9.44. The van der Waals surface area contributed by atoms with E-state index in [9.17, 15) is 13.2 Å². The van der Waals surface area contributed by atoms with Crippen LogP contribution < -0.4 is 0 Å². The maximum absolute atomic E-state index is 12.6. The molecule has 0 saturated carbocycles. The molecule has 0 saturated heterocycles. The van der Waals surface area contributed by atoms with Crippen molar-refractivity contribution in [3.8, 4) is 0 Å². The summed E-state index contributed by atoms with van der Waals surface area (Å²) in [6.07, 6.45) is -4.39. The largest absolute Gasteiger partial charge is 0.439 e. The van der Waals surface area contributed by atoms with E-state index in [1.54, 1.807) is 0 Å². The van der Waals surface area contributed by atoms with Gasteiger partial charge in [-0.15, -0.1) is 0 Å². The normalized spacial score (nSPS) is 12.5. The number of halogens is 3. The number of oxazole rings is 1. The Kier molecular flexibility index (Phi) is 4.29. The Morgan fingerprint density at radius 1 is 1.35 bits per heavy atom. The molecule has 0 amide bonds. The van der Waals surface area contributed by atoms with Crippen LogP contribution in [-0.4, -0.2) is 34.7 Å². The molecule has 20 heavy (non-hydrogen) atoms. The summed E-state index contributed by atoms with van der Waals surface area (Å²) in [6.45, 7) is 3.43. The zero-order valence-electron chi connectivity index (χ0n) is 10.9. The van der Waals surface area contributed by atoms with Crippen molar-refractivity contribution in [3.05, 3.63) is 29.7 Å². The first-order valence-electron chi connectivity index (χ1n) is 6.24. The SMILES string of the molecule is CCN(CCO)Cc1nc2cc(C(F)(F)F)ccc2o1.